The number of thiazole rings is 1. The molecule has 0 spiro atoms. The van der Waals surface area contributed by atoms with Crippen molar-refractivity contribution in [3.05, 3.63) is 68.5 Å². The molecule has 0 saturated heterocycles. The molecule has 0 unspecified atom stereocenters. The number of nitro groups is 1. The minimum atomic E-state index is -4.63. The Morgan fingerprint density at radius 2 is 1.97 bits per heavy atom. The van der Waals surface area contributed by atoms with Crippen LogP contribution < -0.4 is 4.80 Å². The Morgan fingerprint density at radius 3 is 2.60 bits per heavy atom. The average Bonchev–Trinajstić information content (AvgIpc) is 3.03. The number of nitrogens with zero attached hydrogens (tertiary/aromatic N) is 3. The standard InChI is InChI=1S/C18H12F3N3O5S/c1-29-15(25)9-23-13-8-12(24(27)28)5-6-14(13)30-17(23)22-16(26)10-3-2-4-11(7-10)18(19,20)21/h2-8H,9H2,1H3. The van der Waals surface area contributed by atoms with E-state index in [1.54, 1.807) is 0 Å². The lowest BCUT2D eigenvalue weighted by molar-refractivity contribution is -0.384. The molecular formula is C18H12F3N3O5S. The van der Waals surface area contributed by atoms with Gasteiger partial charge in [-0.3, -0.25) is 19.7 Å². The zero-order chi connectivity index (χ0) is 22.1. The van der Waals surface area contributed by atoms with Crippen LogP contribution >= 0.6 is 11.3 Å². The number of halogens is 3. The van der Waals surface area contributed by atoms with Gasteiger partial charge in [0.15, 0.2) is 4.80 Å². The summed E-state index contributed by atoms with van der Waals surface area (Å²) in [5.74, 6) is -1.66. The van der Waals surface area contributed by atoms with Crippen LogP contribution in [0, 0.1) is 10.1 Å². The number of fused-ring (bicyclic) bond motifs is 1. The van der Waals surface area contributed by atoms with Crippen molar-refractivity contribution in [2.45, 2.75) is 12.7 Å². The summed E-state index contributed by atoms with van der Waals surface area (Å²) in [6.07, 6.45) is -4.63. The molecular weight excluding hydrogens is 427 g/mol. The number of carbonyl (C=O) groups excluding carboxylic acids is 2. The van der Waals surface area contributed by atoms with E-state index in [1.165, 1.54) is 28.8 Å². The number of alkyl halides is 3. The number of ether oxygens (including phenoxy) is 1. The van der Waals surface area contributed by atoms with Crippen LogP contribution in [0.5, 0.6) is 0 Å². The maximum Gasteiger partial charge on any atom is 0.416 e. The van der Waals surface area contributed by atoms with Gasteiger partial charge < -0.3 is 9.30 Å². The zero-order valence-corrected chi connectivity index (χ0v) is 16.0. The third-order valence-electron chi connectivity index (χ3n) is 4.03. The van der Waals surface area contributed by atoms with E-state index in [-0.39, 0.29) is 21.6 Å². The van der Waals surface area contributed by atoms with Crippen LogP contribution in [0.25, 0.3) is 10.2 Å². The number of benzene rings is 2. The van der Waals surface area contributed by atoms with Crippen molar-refractivity contribution in [2.24, 2.45) is 4.99 Å². The maximum atomic E-state index is 12.9. The van der Waals surface area contributed by atoms with Crippen molar-refractivity contribution in [1.29, 1.82) is 0 Å². The summed E-state index contributed by atoms with van der Waals surface area (Å²) in [5.41, 5.74) is -1.28. The number of non-ortho nitro benzene ring substituents is 1. The molecule has 0 aliphatic carbocycles. The van der Waals surface area contributed by atoms with E-state index in [1.807, 2.05) is 0 Å². The van der Waals surface area contributed by atoms with Crippen LogP contribution in [-0.4, -0.2) is 28.5 Å². The molecule has 2 aromatic carbocycles. The number of hydrogen-bond donors (Lipinski definition) is 0. The first-order valence-corrected chi connectivity index (χ1v) is 9.02. The average molecular weight is 439 g/mol. The number of carbonyl (C=O) groups is 2. The van der Waals surface area contributed by atoms with Crippen LogP contribution in [0.4, 0.5) is 18.9 Å². The predicted octanol–water partition coefficient (Wildman–Crippen LogP) is 3.54. The van der Waals surface area contributed by atoms with Gasteiger partial charge in [-0.1, -0.05) is 17.4 Å². The quantitative estimate of drug-likeness (QED) is 0.351. The smallest absolute Gasteiger partial charge is 0.416 e. The summed E-state index contributed by atoms with van der Waals surface area (Å²) in [6, 6.07) is 7.66. The summed E-state index contributed by atoms with van der Waals surface area (Å²) < 4.78 is 45.0. The highest BCUT2D eigenvalue weighted by atomic mass is 32.1. The van der Waals surface area contributed by atoms with E-state index in [0.717, 1.165) is 30.6 Å². The second kappa shape index (κ2) is 8.06. The molecule has 0 fully saturated rings. The van der Waals surface area contributed by atoms with Crippen LogP contribution in [0.15, 0.2) is 47.5 Å². The third-order valence-corrected chi connectivity index (χ3v) is 5.08. The van der Waals surface area contributed by atoms with Gasteiger partial charge >= 0.3 is 12.1 Å². The number of esters is 1. The highest BCUT2D eigenvalue weighted by molar-refractivity contribution is 7.16. The van der Waals surface area contributed by atoms with Crippen molar-refractivity contribution in [2.75, 3.05) is 7.11 Å². The molecule has 0 atom stereocenters. The molecule has 3 rings (SSSR count). The lowest BCUT2D eigenvalue weighted by Gasteiger charge is -2.07. The fraction of sp³-hybridized carbons (Fsp3) is 0.167. The van der Waals surface area contributed by atoms with Gasteiger partial charge in [0.2, 0.25) is 0 Å². The van der Waals surface area contributed by atoms with E-state index in [4.69, 9.17) is 0 Å². The van der Waals surface area contributed by atoms with Gasteiger partial charge in [0, 0.05) is 17.7 Å². The molecule has 1 aromatic heterocycles. The van der Waals surface area contributed by atoms with Gasteiger partial charge in [0.1, 0.15) is 6.54 Å². The number of hydrogen-bond acceptors (Lipinski definition) is 6. The fourth-order valence-corrected chi connectivity index (χ4v) is 3.59. The lowest BCUT2D eigenvalue weighted by Crippen LogP contribution is -2.22. The Bertz CT molecular complexity index is 1230. The molecule has 0 aliphatic heterocycles. The molecule has 12 heteroatoms. The van der Waals surface area contributed by atoms with E-state index in [9.17, 15) is 32.9 Å². The summed E-state index contributed by atoms with van der Waals surface area (Å²) >= 11 is 0.952. The summed E-state index contributed by atoms with van der Waals surface area (Å²) in [5, 5.41) is 11.1. The highest BCUT2D eigenvalue weighted by Gasteiger charge is 2.31. The summed E-state index contributed by atoms with van der Waals surface area (Å²) in [6.45, 7) is -0.396. The first-order valence-electron chi connectivity index (χ1n) is 8.21. The molecule has 0 bridgehead atoms. The van der Waals surface area contributed by atoms with Crippen molar-refractivity contribution >= 4 is 39.1 Å². The Labute approximate surface area is 170 Å². The molecule has 8 nitrogen and oxygen atoms in total. The molecule has 3 aromatic rings. The first-order chi connectivity index (χ1) is 14.1. The second-order valence-corrected chi connectivity index (χ2v) is 6.96. The van der Waals surface area contributed by atoms with Crippen molar-refractivity contribution in [3.63, 3.8) is 0 Å². The first kappa shape index (κ1) is 21.2. The van der Waals surface area contributed by atoms with E-state index >= 15 is 0 Å². The summed E-state index contributed by atoms with van der Waals surface area (Å²) in [4.78, 5) is 38.5. The monoisotopic (exact) mass is 439 g/mol. The number of rotatable bonds is 4. The topological polar surface area (TPSA) is 104 Å². The van der Waals surface area contributed by atoms with Crippen LogP contribution in [0.3, 0.4) is 0 Å². The molecule has 0 N–H and O–H groups in total. The molecule has 156 valence electrons. The predicted molar refractivity (Wildman–Crippen MR) is 99.8 cm³/mol. The maximum absolute atomic E-state index is 12.9. The van der Waals surface area contributed by atoms with Crippen LogP contribution in [0.2, 0.25) is 0 Å². The van der Waals surface area contributed by atoms with Gasteiger partial charge in [0.05, 0.1) is 27.8 Å². The molecule has 30 heavy (non-hydrogen) atoms. The molecule has 0 aliphatic rings. The van der Waals surface area contributed by atoms with Gasteiger partial charge in [-0.2, -0.15) is 18.2 Å². The Morgan fingerprint density at radius 1 is 1.23 bits per heavy atom. The summed E-state index contributed by atoms with van der Waals surface area (Å²) in [7, 11) is 1.14. The molecule has 0 saturated carbocycles. The van der Waals surface area contributed by atoms with Gasteiger partial charge in [-0.05, 0) is 24.3 Å². The number of amides is 1. The third kappa shape index (κ3) is 4.38. The van der Waals surface area contributed by atoms with Crippen LogP contribution in [-0.2, 0) is 22.3 Å². The SMILES string of the molecule is COC(=O)Cn1c(=NC(=O)c2cccc(C(F)(F)F)c2)sc2ccc([N+](=O)[O-])cc21. The fourth-order valence-electron chi connectivity index (χ4n) is 2.58. The second-order valence-electron chi connectivity index (χ2n) is 5.95. The minimum Gasteiger partial charge on any atom is -0.468 e. The van der Waals surface area contributed by atoms with Gasteiger partial charge in [-0.15, -0.1) is 0 Å². The van der Waals surface area contributed by atoms with Gasteiger partial charge in [-0.25, -0.2) is 0 Å². The number of methoxy groups -OCH3 is 1. The van der Waals surface area contributed by atoms with Crippen molar-refractivity contribution in [3.8, 4) is 0 Å². The normalized spacial score (nSPS) is 12.2. The molecule has 1 heterocycles. The molecule has 1 amide bonds. The van der Waals surface area contributed by atoms with Crippen molar-refractivity contribution < 1.29 is 32.4 Å². The van der Waals surface area contributed by atoms with E-state index in [0.29, 0.717) is 10.8 Å². The minimum absolute atomic E-state index is 0.0155. The molecule has 0 radical (unpaired) electrons. The van der Waals surface area contributed by atoms with Crippen molar-refractivity contribution in [1.82, 2.24) is 4.57 Å². The van der Waals surface area contributed by atoms with Gasteiger partial charge in [0.25, 0.3) is 11.6 Å². The lowest BCUT2D eigenvalue weighted by atomic mass is 10.1. The zero-order valence-electron chi connectivity index (χ0n) is 15.2. The Balaban J connectivity index is 2.15. The van der Waals surface area contributed by atoms with E-state index in [2.05, 4.69) is 9.73 Å². The van der Waals surface area contributed by atoms with E-state index < -0.39 is 35.1 Å². The van der Waals surface area contributed by atoms with Crippen LogP contribution in [0.1, 0.15) is 15.9 Å². The largest absolute Gasteiger partial charge is 0.468 e. The Hall–Kier alpha value is -3.54. The highest BCUT2D eigenvalue weighted by Crippen LogP contribution is 2.29. The number of nitro benzene ring substituents is 1. The Kier molecular flexibility index (Phi) is 5.69. The number of aromatic nitrogens is 1.